The zero-order chi connectivity index (χ0) is 15.9. The molecule has 22 heavy (non-hydrogen) atoms. The average molecular weight is 300 g/mol. The summed E-state index contributed by atoms with van der Waals surface area (Å²) in [6.45, 7) is 0.0772. The fourth-order valence-electron chi connectivity index (χ4n) is 1.85. The largest absolute Gasteiger partial charge is 0.478 e. The highest BCUT2D eigenvalue weighted by Gasteiger charge is 2.10. The van der Waals surface area contributed by atoms with Crippen LogP contribution in [0.5, 0.6) is 0 Å². The predicted octanol–water partition coefficient (Wildman–Crippen LogP) is 1.12. The van der Waals surface area contributed by atoms with Gasteiger partial charge in [0.2, 0.25) is 6.54 Å². The first kappa shape index (κ1) is 15.2. The van der Waals surface area contributed by atoms with Gasteiger partial charge < -0.3 is 15.6 Å². The summed E-state index contributed by atoms with van der Waals surface area (Å²) < 4.78 is 1.64. The minimum Gasteiger partial charge on any atom is -0.478 e. The van der Waals surface area contributed by atoms with Crippen LogP contribution in [0.2, 0.25) is 0 Å². The van der Waals surface area contributed by atoms with Crippen molar-refractivity contribution in [3.63, 3.8) is 0 Å². The van der Waals surface area contributed by atoms with Gasteiger partial charge in [-0.3, -0.25) is 4.79 Å². The van der Waals surface area contributed by atoms with Crippen LogP contribution in [-0.2, 0) is 11.3 Å². The van der Waals surface area contributed by atoms with E-state index in [1.165, 1.54) is 30.5 Å². The van der Waals surface area contributed by atoms with Gasteiger partial charge in [0, 0.05) is 11.8 Å². The van der Waals surface area contributed by atoms with Gasteiger partial charge in [0.1, 0.15) is 0 Å². The maximum Gasteiger partial charge on any atom is 0.335 e. The van der Waals surface area contributed by atoms with Crippen LogP contribution in [0.4, 0.5) is 5.69 Å². The van der Waals surface area contributed by atoms with Crippen LogP contribution in [0, 0.1) is 0 Å². The lowest BCUT2D eigenvalue weighted by Crippen LogP contribution is -2.40. The minimum atomic E-state index is -1.02. The molecule has 0 unspecified atom stereocenters. The van der Waals surface area contributed by atoms with Crippen molar-refractivity contribution in [1.29, 1.82) is 0 Å². The number of carboxylic acid groups (broad SMARTS) is 1. The van der Waals surface area contributed by atoms with Gasteiger partial charge in [-0.2, -0.15) is 4.57 Å². The summed E-state index contributed by atoms with van der Waals surface area (Å²) in [6, 6.07) is 9.36. The Morgan fingerprint density at radius 1 is 1.23 bits per heavy atom. The number of pyridine rings is 1. The van der Waals surface area contributed by atoms with E-state index in [1.54, 1.807) is 29.1 Å². The lowest BCUT2D eigenvalue weighted by Gasteiger charge is -2.03. The van der Waals surface area contributed by atoms with E-state index in [4.69, 9.17) is 10.3 Å². The highest BCUT2D eigenvalue weighted by molar-refractivity contribution is 5.91. The molecule has 0 aliphatic rings. The molecule has 0 radical (unpaired) electrons. The topological polar surface area (TPSA) is 103 Å². The summed E-state index contributed by atoms with van der Waals surface area (Å²) in [5.41, 5.74) is 1.33. The van der Waals surface area contributed by atoms with E-state index in [0.29, 0.717) is 11.3 Å². The lowest BCUT2D eigenvalue weighted by molar-refractivity contribution is -0.684. The zero-order valence-corrected chi connectivity index (χ0v) is 11.5. The number of nitrogens with one attached hydrogen (secondary N) is 1. The number of amides is 1. The van der Waals surface area contributed by atoms with Crippen LogP contribution in [0.15, 0.2) is 53.9 Å². The molecule has 0 aliphatic heterocycles. The van der Waals surface area contributed by atoms with Gasteiger partial charge in [0.15, 0.2) is 12.4 Å². The van der Waals surface area contributed by atoms with E-state index in [9.17, 15) is 9.59 Å². The van der Waals surface area contributed by atoms with E-state index in [2.05, 4.69) is 10.5 Å². The molecule has 0 atom stereocenters. The van der Waals surface area contributed by atoms with Crippen molar-refractivity contribution in [3.05, 3.63) is 59.9 Å². The normalized spacial score (nSPS) is 10.5. The molecule has 0 saturated carbocycles. The van der Waals surface area contributed by atoms with E-state index < -0.39 is 5.97 Å². The third-order valence-electron chi connectivity index (χ3n) is 2.83. The second-order valence-corrected chi connectivity index (χ2v) is 4.48. The number of nitrogens with zero attached hydrogens (tertiary/aromatic N) is 2. The molecule has 112 valence electrons. The summed E-state index contributed by atoms with van der Waals surface area (Å²) in [7, 11) is 0. The first-order valence-corrected chi connectivity index (χ1v) is 6.38. The molecular formula is C15H14N3O4+. The Morgan fingerprint density at radius 2 is 1.95 bits per heavy atom. The van der Waals surface area contributed by atoms with Crippen molar-refractivity contribution in [2.24, 2.45) is 5.16 Å². The molecular weight excluding hydrogens is 286 g/mol. The highest BCUT2D eigenvalue weighted by Crippen LogP contribution is 2.09. The van der Waals surface area contributed by atoms with Crippen LogP contribution in [0.1, 0.15) is 15.9 Å². The first-order chi connectivity index (χ1) is 10.6. The molecule has 1 aromatic heterocycles. The minimum absolute atomic E-state index is 0.0772. The molecule has 0 spiro atoms. The quantitative estimate of drug-likeness (QED) is 0.333. The molecule has 0 saturated heterocycles. The van der Waals surface area contributed by atoms with E-state index >= 15 is 0 Å². The third-order valence-corrected chi connectivity index (χ3v) is 2.83. The van der Waals surface area contributed by atoms with Crippen molar-refractivity contribution in [2.45, 2.75) is 6.54 Å². The summed E-state index contributed by atoms with van der Waals surface area (Å²) in [6.07, 6.45) is 4.63. The number of carbonyl (C=O) groups is 2. The molecule has 3 N–H and O–H groups in total. The molecule has 1 heterocycles. The van der Waals surface area contributed by atoms with Crippen molar-refractivity contribution >= 4 is 23.8 Å². The number of carboxylic acids is 1. The second kappa shape index (κ2) is 6.98. The standard InChI is InChI=1S/C15H13N3O4/c19-14(10-18-7-1-2-11(9-18)8-16-22)17-13-5-3-12(4-6-13)15(20)21/h1-9H,10H2,(H2-,17,19,20,21,22)/p+1/b16-8-. The van der Waals surface area contributed by atoms with Crippen LogP contribution in [-0.4, -0.2) is 28.4 Å². The Labute approximate surface area is 126 Å². The fraction of sp³-hybridized carbons (Fsp3) is 0.0667. The van der Waals surface area contributed by atoms with Crippen LogP contribution >= 0.6 is 0 Å². The molecule has 2 rings (SSSR count). The van der Waals surface area contributed by atoms with Gasteiger partial charge >= 0.3 is 5.97 Å². The number of oxime groups is 1. The Kier molecular flexibility index (Phi) is 4.81. The fourth-order valence-corrected chi connectivity index (χ4v) is 1.85. The van der Waals surface area contributed by atoms with Gasteiger partial charge in [0.05, 0.1) is 17.3 Å². The van der Waals surface area contributed by atoms with Crippen LogP contribution < -0.4 is 9.88 Å². The molecule has 7 nitrogen and oxygen atoms in total. The van der Waals surface area contributed by atoms with E-state index in [0.717, 1.165) is 0 Å². The molecule has 7 heteroatoms. The van der Waals surface area contributed by atoms with Crippen molar-refractivity contribution in [3.8, 4) is 0 Å². The maximum absolute atomic E-state index is 11.9. The Bertz CT molecular complexity index is 711. The molecule has 1 amide bonds. The third kappa shape index (κ3) is 4.14. The molecule has 1 aromatic carbocycles. The van der Waals surface area contributed by atoms with Crippen molar-refractivity contribution < 1.29 is 24.5 Å². The van der Waals surface area contributed by atoms with Gasteiger partial charge in [-0.15, -0.1) is 0 Å². The van der Waals surface area contributed by atoms with Crippen LogP contribution in [0.25, 0.3) is 0 Å². The molecule has 0 fully saturated rings. The van der Waals surface area contributed by atoms with Crippen molar-refractivity contribution in [1.82, 2.24) is 0 Å². The monoisotopic (exact) mass is 300 g/mol. The van der Waals surface area contributed by atoms with E-state index in [-0.39, 0.29) is 18.0 Å². The zero-order valence-electron chi connectivity index (χ0n) is 11.5. The second-order valence-electron chi connectivity index (χ2n) is 4.48. The Hall–Kier alpha value is -3.22. The number of hydrogen-bond acceptors (Lipinski definition) is 4. The summed E-state index contributed by atoms with van der Waals surface area (Å²) >= 11 is 0. The Morgan fingerprint density at radius 3 is 2.59 bits per heavy atom. The smallest absolute Gasteiger partial charge is 0.335 e. The summed E-state index contributed by atoms with van der Waals surface area (Å²) in [4.78, 5) is 22.7. The number of hydrogen-bond donors (Lipinski definition) is 3. The number of rotatable bonds is 5. The van der Waals surface area contributed by atoms with Gasteiger partial charge in [-0.1, -0.05) is 5.16 Å². The molecule has 0 aliphatic carbocycles. The molecule has 0 bridgehead atoms. The van der Waals surface area contributed by atoms with Gasteiger partial charge in [-0.05, 0) is 30.3 Å². The predicted molar refractivity (Wildman–Crippen MR) is 78.0 cm³/mol. The number of anilines is 1. The maximum atomic E-state index is 11.9. The SMILES string of the molecule is O=C(C[n+]1cccc(/C=N\O)c1)Nc1ccc(C(=O)O)cc1. The van der Waals surface area contributed by atoms with Gasteiger partial charge in [0.25, 0.3) is 5.91 Å². The lowest BCUT2D eigenvalue weighted by atomic mass is 10.2. The number of benzene rings is 1. The average Bonchev–Trinajstić information content (AvgIpc) is 2.48. The number of carbonyl (C=O) groups excluding carboxylic acids is 1. The molecule has 2 aromatic rings. The van der Waals surface area contributed by atoms with Crippen molar-refractivity contribution in [2.75, 3.05) is 5.32 Å². The van der Waals surface area contributed by atoms with E-state index in [1.807, 2.05) is 0 Å². The first-order valence-electron chi connectivity index (χ1n) is 6.38. The van der Waals surface area contributed by atoms with Crippen LogP contribution in [0.3, 0.4) is 0 Å². The highest BCUT2D eigenvalue weighted by atomic mass is 16.4. The summed E-state index contributed by atoms with van der Waals surface area (Å²) in [5.74, 6) is -1.28. The Balaban J connectivity index is 2.00. The number of aromatic nitrogens is 1. The number of aromatic carboxylic acids is 1. The summed E-state index contributed by atoms with van der Waals surface area (Å²) in [5, 5.41) is 22.9. The van der Waals surface area contributed by atoms with Gasteiger partial charge in [-0.25, -0.2) is 4.79 Å².